The highest BCUT2D eigenvalue weighted by molar-refractivity contribution is 5.88. The molecule has 1 aliphatic heterocycles. The van der Waals surface area contributed by atoms with Gasteiger partial charge < -0.3 is 9.64 Å². The van der Waals surface area contributed by atoms with Crippen LogP contribution in [0.5, 0.6) is 0 Å². The quantitative estimate of drug-likeness (QED) is 0.797. The third-order valence-corrected chi connectivity index (χ3v) is 3.02. The van der Waals surface area contributed by atoms with Crippen LogP contribution in [-0.4, -0.2) is 41.3 Å². The van der Waals surface area contributed by atoms with E-state index in [4.69, 9.17) is 4.74 Å². The fraction of sp³-hybridized carbons (Fsp3) is 0.812. The average Bonchev–Trinajstić information content (AvgIpc) is 2.33. The first-order chi connectivity index (χ1) is 9.96. The van der Waals surface area contributed by atoms with Gasteiger partial charge in [-0.05, 0) is 26.2 Å². The number of carbonyl (C=O) groups is 2. The normalized spacial score (nSPS) is 16.3. The van der Waals surface area contributed by atoms with Crippen LogP contribution in [0.4, 0.5) is 4.79 Å². The smallest absolute Gasteiger partial charge is 0.410 e. The summed E-state index contributed by atoms with van der Waals surface area (Å²) in [5.41, 5.74) is 2.99. The summed E-state index contributed by atoms with van der Waals surface area (Å²) >= 11 is 0. The molecule has 2 amide bonds. The molecule has 126 valence electrons. The predicted octanol–water partition coefficient (Wildman–Crippen LogP) is 2.93. The van der Waals surface area contributed by atoms with Crippen LogP contribution >= 0.6 is 0 Å². The van der Waals surface area contributed by atoms with Crippen LogP contribution in [0.1, 0.15) is 60.8 Å². The van der Waals surface area contributed by atoms with E-state index in [0.717, 1.165) is 5.71 Å². The minimum absolute atomic E-state index is 0.0512. The molecule has 0 aromatic rings. The van der Waals surface area contributed by atoms with Crippen molar-refractivity contribution in [2.75, 3.05) is 13.1 Å². The number of hydrogen-bond acceptors (Lipinski definition) is 4. The van der Waals surface area contributed by atoms with E-state index < -0.39 is 5.60 Å². The molecule has 0 unspecified atom stereocenters. The zero-order valence-electron chi connectivity index (χ0n) is 14.7. The van der Waals surface area contributed by atoms with E-state index in [1.807, 2.05) is 41.5 Å². The molecule has 0 aromatic carbocycles. The van der Waals surface area contributed by atoms with Gasteiger partial charge in [-0.25, -0.2) is 10.2 Å². The number of nitrogens with one attached hydrogen (secondary N) is 1. The highest BCUT2D eigenvalue weighted by atomic mass is 16.6. The SMILES string of the molecule is CC(C)(C)CC(=O)NN=C1CCN(C(=O)OC(C)(C)C)CC1. The molecular weight excluding hydrogens is 282 g/mol. The lowest BCUT2D eigenvalue weighted by molar-refractivity contribution is -0.122. The summed E-state index contributed by atoms with van der Waals surface area (Å²) in [4.78, 5) is 25.3. The number of amides is 2. The second-order valence-electron chi connectivity index (χ2n) is 7.92. The summed E-state index contributed by atoms with van der Waals surface area (Å²) in [5, 5.41) is 4.17. The largest absolute Gasteiger partial charge is 0.444 e. The number of nitrogens with zero attached hydrogens (tertiary/aromatic N) is 2. The van der Waals surface area contributed by atoms with Crippen molar-refractivity contribution < 1.29 is 14.3 Å². The monoisotopic (exact) mass is 311 g/mol. The number of piperidine rings is 1. The topological polar surface area (TPSA) is 71.0 Å². The molecule has 0 radical (unpaired) electrons. The summed E-state index contributed by atoms with van der Waals surface area (Å²) in [6.45, 7) is 12.7. The number of hydrogen-bond donors (Lipinski definition) is 1. The van der Waals surface area contributed by atoms with Gasteiger partial charge in [-0.15, -0.1) is 0 Å². The molecule has 0 atom stereocenters. The van der Waals surface area contributed by atoms with Gasteiger partial charge in [-0.2, -0.15) is 5.10 Å². The van der Waals surface area contributed by atoms with Crippen LogP contribution in [0.15, 0.2) is 5.10 Å². The molecular formula is C16H29N3O3. The first-order valence-electron chi connectivity index (χ1n) is 7.78. The van der Waals surface area contributed by atoms with E-state index in [1.54, 1.807) is 4.90 Å². The maximum Gasteiger partial charge on any atom is 0.410 e. The third kappa shape index (κ3) is 7.43. The molecule has 6 nitrogen and oxygen atoms in total. The Morgan fingerprint density at radius 3 is 2.14 bits per heavy atom. The summed E-state index contributed by atoms with van der Waals surface area (Å²) in [6, 6.07) is 0. The van der Waals surface area contributed by atoms with Crippen molar-refractivity contribution in [3.05, 3.63) is 0 Å². The maximum atomic E-state index is 11.9. The lowest BCUT2D eigenvalue weighted by Crippen LogP contribution is -2.42. The van der Waals surface area contributed by atoms with Crippen LogP contribution in [0.3, 0.4) is 0 Å². The second kappa shape index (κ2) is 7.11. The molecule has 6 heteroatoms. The molecule has 1 saturated heterocycles. The van der Waals surface area contributed by atoms with E-state index in [2.05, 4.69) is 10.5 Å². The second-order valence-corrected chi connectivity index (χ2v) is 7.92. The van der Waals surface area contributed by atoms with Crippen molar-refractivity contribution >= 4 is 17.7 Å². The Balaban J connectivity index is 2.40. The van der Waals surface area contributed by atoms with E-state index in [9.17, 15) is 9.59 Å². The lowest BCUT2D eigenvalue weighted by atomic mass is 9.92. The zero-order chi connectivity index (χ0) is 17.0. The molecule has 1 N–H and O–H groups in total. The van der Waals surface area contributed by atoms with Gasteiger partial charge in [0.1, 0.15) is 5.60 Å². The molecule has 22 heavy (non-hydrogen) atoms. The van der Waals surface area contributed by atoms with Crippen LogP contribution in [0.25, 0.3) is 0 Å². The Morgan fingerprint density at radius 2 is 1.68 bits per heavy atom. The van der Waals surface area contributed by atoms with Crippen molar-refractivity contribution in [3.8, 4) is 0 Å². The Kier molecular flexibility index (Phi) is 5.97. The van der Waals surface area contributed by atoms with Gasteiger partial charge in [-0.3, -0.25) is 4.79 Å². The van der Waals surface area contributed by atoms with Gasteiger partial charge in [0.15, 0.2) is 0 Å². The Labute approximate surface area is 133 Å². The van der Waals surface area contributed by atoms with E-state index >= 15 is 0 Å². The summed E-state index contributed by atoms with van der Waals surface area (Å²) in [6.07, 6.45) is 1.47. The first kappa shape index (κ1) is 18.5. The molecule has 0 aliphatic carbocycles. The number of likely N-dealkylation sites (tertiary alicyclic amines) is 1. The molecule has 1 heterocycles. The summed E-state index contributed by atoms with van der Waals surface area (Å²) < 4.78 is 5.34. The third-order valence-electron chi connectivity index (χ3n) is 3.02. The van der Waals surface area contributed by atoms with E-state index in [1.165, 1.54) is 0 Å². The molecule has 1 fully saturated rings. The number of ether oxygens (including phenoxy) is 1. The number of hydrazone groups is 1. The zero-order valence-corrected chi connectivity index (χ0v) is 14.7. The summed E-state index contributed by atoms with van der Waals surface area (Å²) in [7, 11) is 0. The predicted molar refractivity (Wildman–Crippen MR) is 86.7 cm³/mol. The molecule has 0 bridgehead atoms. The Bertz CT molecular complexity index is 435. The van der Waals surface area contributed by atoms with Gasteiger partial charge in [0.05, 0.1) is 0 Å². The van der Waals surface area contributed by atoms with Crippen molar-refractivity contribution in [2.24, 2.45) is 10.5 Å². The average molecular weight is 311 g/mol. The minimum Gasteiger partial charge on any atom is -0.444 e. The van der Waals surface area contributed by atoms with Gasteiger partial charge in [-0.1, -0.05) is 20.8 Å². The standard InChI is InChI=1S/C16H29N3O3/c1-15(2,3)11-13(20)18-17-12-7-9-19(10-8-12)14(21)22-16(4,5)6/h7-11H2,1-6H3,(H,18,20). The van der Waals surface area contributed by atoms with Crippen molar-refractivity contribution in [3.63, 3.8) is 0 Å². The fourth-order valence-corrected chi connectivity index (χ4v) is 2.05. The van der Waals surface area contributed by atoms with Crippen molar-refractivity contribution in [1.82, 2.24) is 10.3 Å². The van der Waals surface area contributed by atoms with Gasteiger partial charge in [0, 0.05) is 38.1 Å². The maximum absolute atomic E-state index is 11.9. The first-order valence-corrected chi connectivity index (χ1v) is 7.78. The van der Waals surface area contributed by atoms with Gasteiger partial charge in [0.2, 0.25) is 5.91 Å². The Hall–Kier alpha value is -1.59. The van der Waals surface area contributed by atoms with Gasteiger partial charge in [0.25, 0.3) is 0 Å². The molecule has 1 rings (SSSR count). The van der Waals surface area contributed by atoms with E-state index in [0.29, 0.717) is 32.4 Å². The highest BCUT2D eigenvalue weighted by Gasteiger charge is 2.25. The van der Waals surface area contributed by atoms with Crippen molar-refractivity contribution in [1.29, 1.82) is 0 Å². The van der Waals surface area contributed by atoms with E-state index in [-0.39, 0.29) is 17.4 Å². The minimum atomic E-state index is -0.480. The molecule has 0 spiro atoms. The molecule has 0 aromatic heterocycles. The summed E-state index contributed by atoms with van der Waals surface area (Å²) in [5.74, 6) is -0.0745. The van der Waals surface area contributed by atoms with Crippen LogP contribution < -0.4 is 5.43 Å². The van der Waals surface area contributed by atoms with Crippen molar-refractivity contribution in [2.45, 2.75) is 66.4 Å². The molecule has 0 saturated carbocycles. The van der Waals surface area contributed by atoms with Crippen LogP contribution in [-0.2, 0) is 9.53 Å². The fourth-order valence-electron chi connectivity index (χ4n) is 2.05. The number of rotatable bonds is 2. The van der Waals surface area contributed by atoms with Crippen LogP contribution in [0.2, 0.25) is 0 Å². The highest BCUT2D eigenvalue weighted by Crippen LogP contribution is 2.18. The number of carbonyl (C=O) groups excluding carboxylic acids is 2. The lowest BCUT2D eigenvalue weighted by Gasteiger charge is -2.30. The molecule has 1 aliphatic rings. The van der Waals surface area contributed by atoms with Crippen LogP contribution in [0, 0.1) is 5.41 Å². The van der Waals surface area contributed by atoms with Gasteiger partial charge >= 0.3 is 6.09 Å². The Morgan fingerprint density at radius 1 is 1.14 bits per heavy atom.